The fourth-order valence-electron chi connectivity index (χ4n) is 2.59. The maximum Gasteiger partial charge on any atom is 0.216 e. The molecule has 0 radical (unpaired) electrons. The number of fused-ring (bicyclic) bond motifs is 1. The molecule has 122 valence electrons. The highest BCUT2D eigenvalue weighted by Crippen LogP contribution is 2.20. The third-order valence-corrected chi connectivity index (χ3v) is 3.67. The first kappa shape index (κ1) is 15.9. The van der Waals surface area contributed by atoms with E-state index in [0.717, 1.165) is 24.3 Å². The SMILES string of the molecule is CC(C)(C)OC(O)N1CCC(C#Cc2cnc3cccnn23)C1. The number of nitrogens with zero attached hydrogens (tertiary/aromatic N) is 4. The summed E-state index contributed by atoms with van der Waals surface area (Å²) in [7, 11) is 0. The number of ether oxygens (including phenoxy) is 1. The molecule has 2 unspecified atom stereocenters. The van der Waals surface area contributed by atoms with Crippen molar-refractivity contribution in [1.29, 1.82) is 0 Å². The van der Waals surface area contributed by atoms with Crippen molar-refractivity contribution in [2.45, 2.75) is 39.2 Å². The van der Waals surface area contributed by atoms with Crippen LogP contribution in [0.5, 0.6) is 0 Å². The van der Waals surface area contributed by atoms with Crippen LogP contribution in [0.3, 0.4) is 0 Å². The molecule has 0 aromatic carbocycles. The molecule has 0 bridgehead atoms. The van der Waals surface area contributed by atoms with Gasteiger partial charge in [-0.3, -0.25) is 4.90 Å². The van der Waals surface area contributed by atoms with Gasteiger partial charge in [0, 0.05) is 25.2 Å². The Morgan fingerprint density at radius 1 is 1.43 bits per heavy atom. The number of rotatable bonds is 2. The van der Waals surface area contributed by atoms with Crippen molar-refractivity contribution in [2.75, 3.05) is 13.1 Å². The molecule has 6 nitrogen and oxygen atoms in total. The van der Waals surface area contributed by atoms with Crippen LogP contribution in [0.2, 0.25) is 0 Å². The molecule has 3 heterocycles. The molecule has 0 spiro atoms. The summed E-state index contributed by atoms with van der Waals surface area (Å²) >= 11 is 0. The molecule has 23 heavy (non-hydrogen) atoms. The van der Waals surface area contributed by atoms with Crippen LogP contribution < -0.4 is 0 Å². The Morgan fingerprint density at radius 3 is 3.04 bits per heavy atom. The molecule has 2 atom stereocenters. The molecule has 0 aliphatic carbocycles. The van der Waals surface area contributed by atoms with Gasteiger partial charge in [0.25, 0.3) is 0 Å². The quantitative estimate of drug-likeness (QED) is 0.672. The Morgan fingerprint density at radius 2 is 2.26 bits per heavy atom. The van der Waals surface area contributed by atoms with E-state index >= 15 is 0 Å². The number of likely N-dealkylation sites (tertiary alicyclic amines) is 1. The van der Waals surface area contributed by atoms with Crippen LogP contribution in [0.1, 0.15) is 32.9 Å². The first-order chi connectivity index (χ1) is 10.9. The zero-order chi connectivity index (χ0) is 16.4. The Balaban J connectivity index is 1.65. The van der Waals surface area contributed by atoms with Gasteiger partial charge in [-0.2, -0.15) is 5.10 Å². The number of aliphatic hydroxyl groups excluding tert-OH is 1. The lowest BCUT2D eigenvalue weighted by atomic mass is 10.1. The monoisotopic (exact) mass is 314 g/mol. The Hall–Kier alpha value is -1.94. The van der Waals surface area contributed by atoms with Gasteiger partial charge in [0.2, 0.25) is 6.41 Å². The highest BCUT2D eigenvalue weighted by molar-refractivity contribution is 5.42. The third-order valence-electron chi connectivity index (χ3n) is 3.67. The van der Waals surface area contributed by atoms with E-state index in [0.29, 0.717) is 6.54 Å². The summed E-state index contributed by atoms with van der Waals surface area (Å²) in [6.45, 7) is 7.28. The summed E-state index contributed by atoms with van der Waals surface area (Å²) in [5.74, 6) is 6.63. The maximum atomic E-state index is 10.1. The lowest BCUT2D eigenvalue weighted by Gasteiger charge is -2.29. The average molecular weight is 314 g/mol. The van der Waals surface area contributed by atoms with Crippen LogP contribution in [0.25, 0.3) is 5.65 Å². The van der Waals surface area contributed by atoms with Crippen molar-refractivity contribution in [3.8, 4) is 11.8 Å². The van der Waals surface area contributed by atoms with Crippen LogP contribution in [-0.2, 0) is 4.74 Å². The van der Waals surface area contributed by atoms with Gasteiger partial charge >= 0.3 is 0 Å². The number of aliphatic hydroxyl groups is 1. The second-order valence-corrected chi connectivity index (χ2v) is 6.74. The zero-order valence-corrected chi connectivity index (χ0v) is 13.7. The summed E-state index contributed by atoms with van der Waals surface area (Å²) < 4.78 is 7.32. The molecule has 2 aromatic heterocycles. The molecule has 0 saturated carbocycles. The van der Waals surface area contributed by atoms with Crippen molar-refractivity contribution < 1.29 is 9.84 Å². The zero-order valence-electron chi connectivity index (χ0n) is 13.7. The normalized spacial score (nSPS) is 20.4. The minimum atomic E-state index is -0.876. The number of imidazole rings is 1. The number of hydrogen-bond acceptors (Lipinski definition) is 5. The largest absolute Gasteiger partial charge is 0.356 e. The Labute approximate surface area is 136 Å². The predicted octanol–water partition coefficient (Wildman–Crippen LogP) is 1.49. The van der Waals surface area contributed by atoms with Crippen LogP contribution in [0.15, 0.2) is 24.5 Å². The van der Waals surface area contributed by atoms with E-state index in [1.54, 1.807) is 16.9 Å². The van der Waals surface area contributed by atoms with E-state index in [4.69, 9.17) is 4.74 Å². The Bertz CT molecular complexity index is 738. The Kier molecular flexibility index (Phi) is 4.35. The van der Waals surface area contributed by atoms with E-state index in [1.807, 2.05) is 37.8 Å². The minimum absolute atomic E-state index is 0.211. The predicted molar refractivity (Wildman–Crippen MR) is 86.4 cm³/mol. The van der Waals surface area contributed by atoms with E-state index in [9.17, 15) is 5.11 Å². The van der Waals surface area contributed by atoms with Gasteiger partial charge < -0.3 is 9.84 Å². The number of hydrogen-bond donors (Lipinski definition) is 1. The van der Waals surface area contributed by atoms with Gasteiger partial charge in [-0.25, -0.2) is 9.50 Å². The summed E-state index contributed by atoms with van der Waals surface area (Å²) in [4.78, 5) is 6.19. The lowest BCUT2D eigenvalue weighted by molar-refractivity contribution is -0.234. The van der Waals surface area contributed by atoms with E-state index in [2.05, 4.69) is 21.9 Å². The maximum absolute atomic E-state index is 10.1. The summed E-state index contributed by atoms with van der Waals surface area (Å²) in [5.41, 5.74) is 1.20. The van der Waals surface area contributed by atoms with Crippen molar-refractivity contribution in [1.82, 2.24) is 19.5 Å². The highest BCUT2D eigenvalue weighted by Gasteiger charge is 2.29. The molecule has 1 N–H and O–H groups in total. The lowest BCUT2D eigenvalue weighted by Crippen LogP contribution is -2.40. The topological polar surface area (TPSA) is 62.9 Å². The van der Waals surface area contributed by atoms with Crippen LogP contribution >= 0.6 is 0 Å². The van der Waals surface area contributed by atoms with Gasteiger partial charge in [-0.1, -0.05) is 5.92 Å². The molecule has 1 aliphatic heterocycles. The molecule has 0 amide bonds. The van der Waals surface area contributed by atoms with Gasteiger partial charge in [0.15, 0.2) is 5.65 Å². The fourth-order valence-corrected chi connectivity index (χ4v) is 2.59. The molecular weight excluding hydrogens is 292 g/mol. The van der Waals surface area contributed by atoms with Gasteiger partial charge in [0.05, 0.1) is 11.8 Å². The van der Waals surface area contributed by atoms with Crippen LogP contribution in [-0.4, -0.2) is 49.7 Å². The van der Waals surface area contributed by atoms with Gasteiger partial charge in [0.1, 0.15) is 5.69 Å². The molecule has 1 saturated heterocycles. The van der Waals surface area contributed by atoms with Crippen molar-refractivity contribution in [2.24, 2.45) is 5.92 Å². The van der Waals surface area contributed by atoms with E-state index in [-0.39, 0.29) is 11.5 Å². The smallest absolute Gasteiger partial charge is 0.216 e. The number of aromatic nitrogens is 3. The third kappa shape index (κ3) is 3.88. The fraction of sp³-hybridized carbons (Fsp3) is 0.529. The molecule has 2 aromatic rings. The van der Waals surface area contributed by atoms with E-state index in [1.165, 1.54) is 0 Å². The molecule has 3 rings (SSSR count). The summed E-state index contributed by atoms with van der Waals surface area (Å²) in [5, 5.41) is 14.4. The summed E-state index contributed by atoms with van der Waals surface area (Å²) in [6, 6.07) is 3.75. The van der Waals surface area contributed by atoms with Crippen LogP contribution in [0.4, 0.5) is 0 Å². The molecule has 1 fully saturated rings. The molecular formula is C17H22N4O2. The minimum Gasteiger partial charge on any atom is -0.356 e. The van der Waals surface area contributed by atoms with Crippen LogP contribution in [0, 0.1) is 17.8 Å². The van der Waals surface area contributed by atoms with Crippen molar-refractivity contribution in [3.05, 3.63) is 30.2 Å². The second kappa shape index (κ2) is 6.28. The standard InChI is InChI=1S/C17H22N4O2/c1-17(2,3)23-16(22)20-10-8-13(12-20)6-7-14-11-18-15-5-4-9-19-21(14)15/h4-5,9,11,13,16,22H,8,10,12H2,1-3H3. The van der Waals surface area contributed by atoms with Gasteiger partial charge in [-0.15, -0.1) is 0 Å². The first-order valence-corrected chi connectivity index (χ1v) is 7.83. The molecule has 1 aliphatic rings. The van der Waals surface area contributed by atoms with E-state index < -0.39 is 6.41 Å². The first-order valence-electron chi connectivity index (χ1n) is 7.83. The van der Waals surface area contributed by atoms with Gasteiger partial charge in [-0.05, 0) is 45.2 Å². The highest BCUT2D eigenvalue weighted by atomic mass is 16.6. The summed E-state index contributed by atoms with van der Waals surface area (Å²) in [6.07, 6.45) is 3.50. The molecule has 6 heteroatoms. The van der Waals surface area contributed by atoms with Crippen molar-refractivity contribution >= 4 is 5.65 Å². The average Bonchev–Trinajstić information content (AvgIpc) is 3.10. The van der Waals surface area contributed by atoms with Crippen molar-refractivity contribution in [3.63, 3.8) is 0 Å². The second-order valence-electron chi connectivity index (χ2n) is 6.74.